The number of aromatic nitrogens is 1. The maximum absolute atomic E-state index is 11.8. The fourth-order valence-corrected chi connectivity index (χ4v) is 3.19. The molecule has 0 saturated carbocycles. The molecule has 0 atom stereocenters. The molecule has 7 nitrogen and oxygen atoms in total. The van der Waals surface area contributed by atoms with Crippen LogP contribution >= 0.6 is 0 Å². The molecular weight excluding hydrogens is 354 g/mol. The van der Waals surface area contributed by atoms with Crippen molar-refractivity contribution >= 4 is 11.9 Å². The summed E-state index contributed by atoms with van der Waals surface area (Å²) < 4.78 is 5.34. The van der Waals surface area contributed by atoms with Gasteiger partial charge in [-0.15, -0.1) is 0 Å². The fraction of sp³-hybridized carbons (Fsp3) is 0.476. The Morgan fingerprint density at radius 2 is 2.04 bits per heavy atom. The third-order valence-electron chi connectivity index (χ3n) is 4.82. The van der Waals surface area contributed by atoms with Crippen LogP contribution in [0.3, 0.4) is 0 Å². The molecule has 2 N–H and O–H groups in total. The minimum Gasteiger partial charge on any atom is -0.359 e. The molecule has 1 saturated heterocycles. The van der Waals surface area contributed by atoms with Gasteiger partial charge in [-0.3, -0.25) is 9.79 Å². The van der Waals surface area contributed by atoms with Gasteiger partial charge in [-0.2, -0.15) is 0 Å². The van der Waals surface area contributed by atoms with Crippen LogP contribution in [0.2, 0.25) is 0 Å². The molecule has 28 heavy (non-hydrogen) atoms. The first kappa shape index (κ1) is 19.9. The van der Waals surface area contributed by atoms with Crippen LogP contribution in [0.25, 0.3) is 0 Å². The van der Waals surface area contributed by atoms with Crippen molar-refractivity contribution < 1.29 is 9.32 Å². The third-order valence-corrected chi connectivity index (χ3v) is 4.82. The van der Waals surface area contributed by atoms with Crippen LogP contribution < -0.4 is 10.6 Å². The van der Waals surface area contributed by atoms with Crippen molar-refractivity contribution in [1.29, 1.82) is 0 Å². The number of rotatable bonds is 7. The van der Waals surface area contributed by atoms with Crippen molar-refractivity contribution in [3.8, 4) is 0 Å². The minimum atomic E-state index is 0.251. The van der Waals surface area contributed by atoms with Gasteiger partial charge in [-0.1, -0.05) is 43.3 Å². The number of nitrogens with one attached hydrogen (secondary N) is 2. The Morgan fingerprint density at radius 1 is 1.25 bits per heavy atom. The van der Waals surface area contributed by atoms with E-state index in [1.165, 1.54) is 0 Å². The number of aliphatic imine (C=N–C) groups is 1. The summed E-state index contributed by atoms with van der Waals surface area (Å²) in [6.45, 7) is 6.89. The van der Waals surface area contributed by atoms with E-state index in [9.17, 15) is 4.79 Å². The molecule has 1 fully saturated rings. The molecule has 0 unspecified atom stereocenters. The van der Waals surface area contributed by atoms with E-state index in [1.807, 2.05) is 17.0 Å². The Bertz CT molecular complexity index is 828. The number of carbonyl (C=O) groups excluding carboxylic acids is 1. The Labute approximate surface area is 166 Å². The highest BCUT2D eigenvalue weighted by atomic mass is 16.5. The van der Waals surface area contributed by atoms with Crippen LogP contribution in [0.5, 0.6) is 0 Å². The van der Waals surface area contributed by atoms with Gasteiger partial charge in [-0.25, -0.2) is 0 Å². The van der Waals surface area contributed by atoms with Crippen LogP contribution in [-0.4, -0.2) is 35.5 Å². The molecule has 0 spiro atoms. The number of guanidine groups is 1. The lowest BCUT2D eigenvalue weighted by molar-refractivity contribution is -0.128. The zero-order chi connectivity index (χ0) is 19.9. The van der Waals surface area contributed by atoms with Gasteiger partial charge in [0, 0.05) is 39.2 Å². The maximum atomic E-state index is 11.8. The lowest BCUT2D eigenvalue weighted by atomic mass is 10.1. The molecule has 1 aromatic heterocycles. The normalized spacial score (nSPS) is 14.8. The van der Waals surface area contributed by atoms with Crippen molar-refractivity contribution in [3.05, 3.63) is 52.9 Å². The van der Waals surface area contributed by atoms with Gasteiger partial charge >= 0.3 is 0 Å². The van der Waals surface area contributed by atoms with Crippen molar-refractivity contribution in [2.75, 3.05) is 13.6 Å². The molecule has 0 aliphatic carbocycles. The molecule has 2 aromatic rings. The van der Waals surface area contributed by atoms with Crippen molar-refractivity contribution in [3.63, 3.8) is 0 Å². The number of hydrogen-bond acceptors (Lipinski definition) is 4. The molecule has 1 aliphatic heterocycles. The first-order chi connectivity index (χ1) is 13.5. The Hall–Kier alpha value is -2.83. The van der Waals surface area contributed by atoms with E-state index in [1.54, 1.807) is 7.05 Å². The minimum absolute atomic E-state index is 0.251. The molecule has 7 heteroatoms. The summed E-state index contributed by atoms with van der Waals surface area (Å²) in [5.41, 5.74) is 3.25. The van der Waals surface area contributed by atoms with Crippen molar-refractivity contribution in [1.82, 2.24) is 20.7 Å². The maximum Gasteiger partial charge on any atom is 0.222 e. The zero-order valence-corrected chi connectivity index (χ0v) is 16.9. The summed E-state index contributed by atoms with van der Waals surface area (Å²) in [6, 6.07) is 10.3. The van der Waals surface area contributed by atoms with Crippen LogP contribution in [0.15, 0.2) is 39.8 Å². The Kier molecular flexibility index (Phi) is 6.68. The van der Waals surface area contributed by atoms with Gasteiger partial charge in [0.15, 0.2) is 11.7 Å². The number of likely N-dealkylation sites (tertiary alicyclic amines) is 1. The monoisotopic (exact) mass is 383 g/mol. The number of benzene rings is 1. The molecule has 2 heterocycles. The average Bonchev–Trinajstić information content (AvgIpc) is 3.32. The summed E-state index contributed by atoms with van der Waals surface area (Å²) in [5, 5.41) is 10.6. The number of hydrogen-bond donors (Lipinski definition) is 2. The summed E-state index contributed by atoms with van der Waals surface area (Å²) in [4.78, 5) is 18.0. The second kappa shape index (κ2) is 9.39. The molecule has 1 amide bonds. The van der Waals surface area contributed by atoms with Crippen molar-refractivity contribution in [2.24, 2.45) is 4.99 Å². The summed E-state index contributed by atoms with van der Waals surface area (Å²) >= 11 is 0. The molecule has 150 valence electrons. The van der Waals surface area contributed by atoms with E-state index in [-0.39, 0.29) is 5.91 Å². The molecular formula is C21H29N5O2. The van der Waals surface area contributed by atoms with Gasteiger partial charge in [0.05, 0.1) is 12.2 Å². The van der Waals surface area contributed by atoms with Gasteiger partial charge < -0.3 is 20.1 Å². The van der Waals surface area contributed by atoms with Crippen LogP contribution in [-0.2, 0) is 24.4 Å². The summed E-state index contributed by atoms with van der Waals surface area (Å²) in [6.07, 6.45) is 1.64. The van der Waals surface area contributed by atoms with Gasteiger partial charge in [0.1, 0.15) is 0 Å². The second-order valence-electron chi connectivity index (χ2n) is 7.39. The predicted octanol–water partition coefficient (Wildman–Crippen LogP) is 2.79. The van der Waals surface area contributed by atoms with E-state index < -0.39 is 0 Å². The summed E-state index contributed by atoms with van der Waals surface area (Å²) in [5.74, 6) is 2.07. The number of carbonyl (C=O) groups is 1. The average molecular weight is 383 g/mol. The lowest BCUT2D eigenvalue weighted by Crippen LogP contribution is -2.36. The first-order valence-corrected chi connectivity index (χ1v) is 9.80. The highest BCUT2D eigenvalue weighted by Gasteiger charge is 2.19. The smallest absolute Gasteiger partial charge is 0.222 e. The zero-order valence-electron chi connectivity index (χ0n) is 16.9. The number of nitrogens with zero attached hydrogens (tertiary/aromatic N) is 3. The third kappa shape index (κ3) is 5.34. The van der Waals surface area contributed by atoms with Crippen LogP contribution in [0, 0.1) is 0 Å². The topological polar surface area (TPSA) is 82.8 Å². The molecule has 1 aromatic carbocycles. The SMILES string of the molecule is CN=C(NCc1cccc(CN2CCCC2=O)c1)NCc1cc(C(C)C)no1. The summed E-state index contributed by atoms with van der Waals surface area (Å²) in [7, 11) is 1.74. The fourth-order valence-electron chi connectivity index (χ4n) is 3.19. The van der Waals surface area contributed by atoms with E-state index in [0.29, 0.717) is 37.9 Å². The Morgan fingerprint density at radius 3 is 2.71 bits per heavy atom. The highest BCUT2D eigenvalue weighted by molar-refractivity contribution is 5.79. The number of amides is 1. The van der Waals surface area contributed by atoms with E-state index in [4.69, 9.17) is 4.52 Å². The highest BCUT2D eigenvalue weighted by Crippen LogP contribution is 2.15. The van der Waals surface area contributed by atoms with Gasteiger partial charge in [0.2, 0.25) is 5.91 Å². The van der Waals surface area contributed by atoms with E-state index in [0.717, 1.165) is 35.5 Å². The molecule has 1 aliphatic rings. The molecule has 3 rings (SSSR count). The van der Waals surface area contributed by atoms with Crippen LogP contribution in [0.4, 0.5) is 0 Å². The quantitative estimate of drug-likeness (QED) is 0.567. The van der Waals surface area contributed by atoms with E-state index >= 15 is 0 Å². The van der Waals surface area contributed by atoms with Gasteiger partial charge in [0.25, 0.3) is 0 Å². The lowest BCUT2D eigenvalue weighted by Gasteiger charge is -2.16. The predicted molar refractivity (Wildman–Crippen MR) is 109 cm³/mol. The van der Waals surface area contributed by atoms with Crippen LogP contribution in [0.1, 0.15) is 55.2 Å². The van der Waals surface area contributed by atoms with Gasteiger partial charge in [-0.05, 0) is 23.5 Å². The van der Waals surface area contributed by atoms with Crippen molar-refractivity contribution in [2.45, 2.75) is 52.2 Å². The molecule has 0 bridgehead atoms. The largest absolute Gasteiger partial charge is 0.359 e. The Balaban J connectivity index is 1.50. The standard InChI is InChI=1S/C21H29N5O2/c1-15(2)19-11-18(28-25-19)13-24-21(22-3)23-12-16-6-4-7-17(10-16)14-26-9-5-8-20(26)27/h4,6-7,10-11,15H,5,8-9,12-14H2,1-3H3,(H2,22,23,24). The molecule has 0 radical (unpaired) electrons. The first-order valence-electron chi connectivity index (χ1n) is 9.80. The van der Waals surface area contributed by atoms with E-state index in [2.05, 4.69) is 52.8 Å². The second-order valence-corrected chi connectivity index (χ2v) is 7.39.